The van der Waals surface area contributed by atoms with E-state index >= 15 is 0 Å². The van der Waals surface area contributed by atoms with Gasteiger partial charge in [0.2, 0.25) is 11.8 Å². The third-order valence-electron chi connectivity index (χ3n) is 8.01. The number of imide groups is 3. The van der Waals surface area contributed by atoms with Crippen molar-refractivity contribution < 1.29 is 34.4 Å². The van der Waals surface area contributed by atoms with Crippen LogP contribution in [0.25, 0.3) is 16.8 Å². The summed E-state index contributed by atoms with van der Waals surface area (Å²) in [5.41, 5.74) is 3.54. The Kier molecular flexibility index (Phi) is 8.33. The van der Waals surface area contributed by atoms with Crippen molar-refractivity contribution in [1.82, 2.24) is 4.90 Å². The standard InChI is InChI=1S/C30H35NO7/c1-4-17(14-19-11-13-24(33)21-9-7-6-8-20(19)21)10-12-25(34)26-18(5-2)15-22-27(23(26)16-32)29(36)31(28(22)35)30(37)38-3/h6-9,11,13-14,22-23,25,27,32-34H,4-5,10,12,15-16H2,1-3H3/b17-14+/t22-,23+,25-,27-/m1/s1. The smallest absolute Gasteiger partial charge is 0.423 e. The Morgan fingerprint density at radius 2 is 1.84 bits per heavy atom. The molecule has 1 aliphatic carbocycles. The number of likely N-dealkylation sites (tertiary alicyclic amines) is 1. The molecule has 3 N–H and O–H groups in total. The van der Waals surface area contributed by atoms with Gasteiger partial charge < -0.3 is 20.1 Å². The number of carbonyl (C=O) groups is 3. The van der Waals surface area contributed by atoms with Crippen molar-refractivity contribution in [3.63, 3.8) is 0 Å². The summed E-state index contributed by atoms with van der Waals surface area (Å²) in [6.45, 7) is 3.55. The zero-order valence-corrected chi connectivity index (χ0v) is 22.0. The molecule has 0 unspecified atom stereocenters. The van der Waals surface area contributed by atoms with Crippen LogP contribution in [0, 0.1) is 17.8 Å². The van der Waals surface area contributed by atoms with Crippen LogP contribution in [0.1, 0.15) is 51.5 Å². The summed E-state index contributed by atoms with van der Waals surface area (Å²) in [4.78, 5) is 38.7. The van der Waals surface area contributed by atoms with Crippen LogP contribution in [0.5, 0.6) is 5.75 Å². The van der Waals surface area contributed by atoms with Crippen LogP contribution in [0.3, 0.4) is 0 Å². The van der Waals surface area contributed by atoms with Gasteiger partial charge in [0.25, 0.3) is 0 Å². The monoisotopic (exact) mass is 521 g/mol. The maximum atomic E-state index is 13.1. The van der Waals surface area contributed by atoms with Crippen LogP contribution in [-0.4, -0.2) is 57.9 Å². The fourth-order valence-electron chi connectivity index (χ4n) is 6.05. The fourth-order valence-corrected chi connectivity index (χ4v) is 6.05. The van der Waals surface area contributed by atoms with Gasteiger partial charge in [-0.2, -0.15) is 4.90 Å². The highest BCUT2D eigenvalue weighted by Crippen LogP contribution is 2.47. The van der Waals surface area contributed by atoms with Crippen molar-refractivity contribution >= 4 is 34.8 Å². The minimum Gasteiger partial charge on any atom is -0.507 e. The number of phenolic OH excluding ortho intramolecular Hbond substituents is 1. The Labute approximate surface area is 222 Å². The van der Waals surface area contributed by atoms with Crippen molar-refractivity contribution in [2.45, 2.75) is 52.1 Å². The quantitative estimate of drug-likeness (QED) is 0.343. The predicted molar refractivity (Wildman–Crippen MR) is 143 cm³/mol. The van der Waals surface area contributed by atoms with Gasteiger partial charge in [-0.25, -0.2) is 4.79 Å². The van der Waals surface area contributed by atoms with Gasteiger partial charge in [0.05, 0.1) is 31.7 Å². The number of benzene rings is 2. The van der Waals surface area contributed by atoms with E-state index in [0.717, 1.165) is 41.0 Å². The highest BCUT2D eigenvalue weighted by molar-refractivity contribution is 6.16. The van der Waals surface area contributed by atoms with Crippen molar-refractivity contribution in [2.24, 2.45) is 17.8 Å². The molecule has 1 fully saturated rings. The van der Waals surface area contributed by atoms with E-state index in [2.05, 4.69) is 10.8 Å². The molecular weight excluding hydrogens is 486 g/mol. The predicted octanol–water partition coefficient (Wildman–Crippen LogP) is 4.57. The minimum absolute atomic E-state index is 0.224. The van der Waals surface area contributed by atoms with E-state index in [4.69, 9.17) is 0 Å². The molecule has 2 aromatic carbocycles. The minimum atomic E-state index is -1.02. The van der Waals surface area contributed by atoms with Crippen LogP contribution < -0.4 is 0 Å². The first-order chi connectivity index (χ1) is 18.3. The lowest BCUT2D eigenvalue weighted by Gasteiger charge is -2.36. The molecule has 2 aliphatic rings. The lowest BCUT2D eigenvalue weighted by Crippen LogP contribution is -2.40. The van der Waals surface area contributed by atoms with Gasteiger partial charge >= 0.3 is 6.09 Å². The van der Waals surface area contributed by atoms with E-state index in [9.17, 15) is 29.7 Å². The summed E-state index contributed by atoms with van der Waals surface area (Å²) < 4.78 is 4.64. The number of ether oxygens (including phenoxy) is 1. The Bertz CT molecular complexity index is 1310. The fraction of sp³-hybridized carbons (Fsp3) is 0.433. The number of allylic oxidation sites excluding steroid dienone is 2. The summed E-state index contributed by atoms with van der Waals surface area (Å²) in [5.74, 6) is -3.47. The molecule has 8 heteroatoms. The SMILES string of the molecule is CCC1=C([C@H](O)CC/C(=C/c2ccc(O)c3ccccc23)CC)[C@H](CO)[C@@H]2C(=O)N(C(=O)OC)C(=O)[C@@H]2C1. The highest BCUT2D eigenvalue weighted by Gasteiger charge is 2.56. The lowest BCUT2D eigenvalue weighted by atomic mass is 9.67. The topological polar surface area (TPSA) is 124 Å². The molecule has 0 saturated carbocycles. The summed E-state index contributed by atoms with van der Waals surface area (Å²) in [5, 5.41) is 33.6. The molecule has 1 aliphatic heterocycles. The Hall–Kier alpha value is -3.49. The number of hydrogen-bond acceptors (Lipinski definition) is 7. The largest absolute Gasteiger partial charge is 0.507 e. The summed E-state index contributed by atoms with van der Waals surface area (Å²) in [7, 11) is 1.11. The molecule has 2 aromatic rings. The van der Waals surface area contributed by atoms with E-state index in [1.807, 2.05) is 44.2 Å². The van der Waals surface area contributed by atoms with Crippen LogP contribution >= 0.6 is 0 Å². The molecule has 4 atom stereocenters. The number of aliphatic hydroxyl groups excluding tert-OH is 2. The second-order valence-electron chi connectivity index (χ2n) is 9.95. The normalized spacial score (nSPS) is 22.7. The van der Waals surface area contributed by atoms with E-state index in [1.165, 1.54) is 0 Å². The molecule has 0 spiro atoms. The van der Waals surface area contributed by atoms with Crippen molar-refractivity contribution in [2.75, 3.05) is 13.7 Å². The maximum absolute atomic E-state index is 13.1. The molecule has 4 rings (SSSR count). The molecule has 0 radical (unpaired) electrons. The van der Waals surface area contributed by atoms with E-state index in [1.54, 1.807) is 6.07 Å². The molecule has 38 heavy (non-hydrogen) atoms. The van der Waals surface area contributed by atoms with Crippen LogP contribution in [0.2, 0.25) is 0 Å². The van der Waals surface area contributed by atoms with Gasteiger partial charge in [-0.3, -0.25) is 9.59 Å². The lowest BCUT2D eigenvalue weighted by molar-refractivity contribution is -0.137. The Morgan fingerprint density at radius 1 is 1.13 bits per heavy atom. The zero-order valence-electron chi connectivity index (χ0n) is 22.0. The van der Waals surface area contributed by atoms with Crippen LogP contribution in [0.4, 0.5) is 4.79 Å². The number of hydrogen-bond donors (Lipinski definition) is 3. The van der Waals surface area contributed by atoms with E-state index < -0.39 is 48.4 Å². The molecule has 0 aromatic heterocycles. The molecule has 1 heterocycles. The maximum Gasteiger partial charge on any atom is 0.423 e. The van der Waals surface area contributed by atoms with E-state index in [-0.39, 0.29) is 12.2 Å². The van der Waals surface area contributed by atoms with Gasteiger partial charge in [-0.1, -0.05) is 61.4 Å². The summed E-state index contributed by atoms with van der Waals surface area (Å²) in [6.07, 6.45) is 2.69. The number of rotatable bonds is 8. The zero-order chi connectivity index (χ0) is 27.6. The first kappa shape index (κ1) is 27.5. The van der Waals surface area contributed by atoms with Crippen LogP contribution in [-0.2, 0) is 14.3 Å². The number of carbonyl (C=O) groups excluding carboxylic acids is 3. The average Bonchev–Trinajstić information content (AvgIpc) is 3.19. The summed E-state index contributed by atoms with van der Waals surface area (Å²) in [6, 6.07) is 11.2. The first-order valence-electron chi connectivity index (χ1n) is 13.1. The number of nitrogens with zero attached hydrogens (tertiary/aromatic N) is 1. The van der Waals surface area contributed by atoms with Gasteiger partial charge in [0.15, 0.2) is 0 Å². The number of aliphatic hydroxyl groups is 2. The molecule has 8 nitrogen and oxygen atoms in total. The first-order valence-corrected chi connectivity index (χ1v) is 13.1. The number of amides is 3. The third kappa shape index (κ3) is 4.86. The van der Waals surface area contributed by atoms with Gasteiger partial charge in [0, 0.05) is 11.3 Å². The summed E-state index contributed by atoms with van der Waals surface area (Å²) >= 11 is 0. The second kappa shape index (κ2) is 11.5. The van der Waals surface area contributed by atoms with Crippen molar-refractivity contribution in [3.8, 4) is 5.75 Å². The number of phenols is 1. The third-order valence-corrected chi connectivity index (χ3v) is 8.01. The molecule has 202 valence electrons. The van der Waals surface area contributed by atoms with E-state index in [0.29, 0.717) is 29.7 Å². The van der Waals surface area contributed by atoms with Gasteiger partial charge in [-0.05, 0) is 54.7 Å². The second-order valence-corrected chi connectivity index (χ2v) is 9.95. The number of aromatic hydroxyl groups is 1. The molecular formula is C30H35NO7. The van der Waals surface area contributed by atoms with Gasteiger partial charge in [0.1, 0.15) is 5.75 Å². The molecule has 3 amide bonds. The van der Waals surface area contributed by atoms with Gasteiger partial charge in [-0.15, -0.1) is 0 Å². The molecule has 1 saturated heterocycles. The number of methoxy groups -OCH3 is 1. The number of fused-ring (bicyclic) bond motifs is 2. The Morgan fingerprint density at radius 3 is 2.47 bits per heavy atom. The average molecular weight is 522 g/mol. The van der Waals surface area contributed by atoms with Crippen molar-refractivity contribution in [1.29, 1.82) is 0 Å². The molecule has 0 bridgehead atoms. The van der Waals surface area contributed by atoms with Crippen LogP contribution in [0.15, 0.2) is 53.1 Å². The highest BCUT2D eigenvalue weighted by atomic mass is 16.5. The van der Waals surface area contributed by atoms with Crippen molar-refractivity contribution in [3.05, 3.63) is 58.7 Å². The Balaban J connectivity index is 1.59.